The van der Waals surface area contributed by atoms with Crippen molar-refractivity contribution in [2.75, 3.05) is 26.7 Å². The summed E-state index contributed by atoms with van der Waals surface area (Å²) in [5.74, 6) is -0.989. The average molecular weight is 459 g/mol. The fourth-order valence-corrected chi connectivity index (χ4v) is 3.96. The molecular formula is C20H22ClF3N4O3. The Hall–Kier alpha value is -2.59. The normalized spacial score (nSPS) is 15.5. The van der Waals surface area contributed by atoms with E-state index in [4.69, 9.17) is 16.7 Å². The number of hydrogen-bond acceptors (Lipinski definition) is 4. The number of hydrogen-bond donors (Lipinski definition) is 1. The topological polar surface area (TPSA) is 78.7 Å². The molecule has 11 heteroatoms. The van der Waals surface area contributed by atoms with Crippen molar-refractivity contribution in [1.82, 2.24) is 19.6 Å². The van der Waals surface area contributed by atoms with Crippen molar-refractivity contribution in [1.29, 1.82) is 0 Å². The molecule has 0 aliphatic carbocycles. The van der Waals surface area contributed by atoms with Crippen molar-refractivity contribution in [2.24, 2.45) is 5.92 Å². The van der Waals surface area contributed by atoms with E-state index in [1.54, 1.807) is 11.9 Å². The lowest BCUT2D eigenvalue weighted by molar-refractivity contribution is -0.138. The Kier molecular flexibility index (Phi) is 6.90. The number of carbonyl (C=O) groups excluding carboxylic acids is 1. The van der Waals surface area contributed by atoms with Crippen molar-refractivity contribution in [3.05, 3.63) is 52.3 Å². The lowest BCUT2D eigenvalue weighted by atomic mass is 9.96. The second-order valence-corrected chi connectivity index (χ2v) is 8.10. The van der Waals surface area contributed by atoms with E-state index in [-0.39, 0.29) is 28.7 Å². The summed E-state index contributed by atoms with van der Waals surface area (Å²) in [5.41, 5.74) is -0.767. The monoisotopic (exact) mass is 458 g/mol. The number of piperidine rings is 1. The summed E-state index contributed by atoms with van der Waals surface area (Å²) >= 11 is 5.89. The number of carbonyl (C=O) groups is 2. The van der Waals surface area contributed by atoms with Crippen molar-refractivity contribution in [3.63, 3.8) is 0 Å². The molecule has 0 saturated carbocycles. The number of amides is 1. The highest BCUT2D eigenvalue weighted by atomic mass is 35.5. The van der Waals surface area contributed by atoms with E-state index in [0.717, 1.165) is 10.7 Å². The van der Waals surface area contributed by atoms with Gasteiger partial charge in [-0.25, -0.2) is 9.59 Å². The first-order valence-corrected chi connectivity index (χ1v) is 10.0. The zero-order valence-electron chi connectivity index (χ0n) is 16.8. The van der Waals surface area contributed by atoms with Crippen LogP contribution in [0.5, 0.6) is 0 Å². The minimum atomic E-state index is -4.44. The van der Waals surface area contributed by atoms with Gasteiger partial charge in [0.2, 0.25) is 0 Å². The second-order valence-electron chi connectivity index (χ2n) is 7.66. The lowest BCUT2D eigenvalue weighted by Gasteiger charge is -2.33. The van der Waals surface area contributed by atoms with Crippen LogP contribution in [0.1, 0.15) is 34.5 Å². The fourth-order valence-electron chi connectivity index (χ4n) is 3.76. The third kappa shape index (κ3) is 5.76. The molecule has 1 N–H and O–H groups in total. The summed E-state index contributed by atoms with van der Waals surface area (Å²) < 4.78 is 40.8. The Morgan fingerprint density at radius 1 is 1.26 bits per heavy atom. The zero-order valence-corrected chi connectivity index (χ0v) is 17.5. The van der Waals surface area contributed by atoms with Crippen molar-refractivity contribution >= 4 is 23.6 Å². The maximum absolute atomic E-state index is 13.3. The van der Waals surface area contributed by atoms with Gasteiger partial charge in [0.25, 0.3) is 0 Å². The highest BCUT2D eigenvalue weighted by Gasteiger charge is 2.33. The third-order valence-electron chi connectivity index (χ3n) is 5.27. The van der Waals surface area contributed by atoms with Crippen LogP contribution in [0.2, 0.25) is 5.02 Å². The summed E-state index contributed by atoms with van der Waals surface area (Å²) in [6, 6.07) is 4.44. The zero-order chi connectivity index (χ0) is 22.8. The molecule has 31 heavy (non-hydrogen) atoms. The highest BCUT2D eigenvalue weighted by molar-refractivity contribution is 6.30. The molecular weight excluding hydrogens is 437 g/mol. The molecule has 168 valence electrons. The Morgan fingerprint density at radius 3 is 2.52 bits per heavy atom. The van der Waals surface area contributed by atoms with E-state index in [1.807, 2.05) is 4.90 Å². The van der Waals surface area contributed by atoms with Crippen molar-refractivity contribution in [2.45, 2.75) is 25.6 Å². The number of nitrogens with zero attached hydrogens (tertiary/aromatic N) is 4. The number of rotatable bonds is 5. The number of alkyl halides is 3. The molecule has 1 fully saturated rings. The minimum Gasteiger partial charge on any atom is -0.476 e. The fraction of sp³-hybridized carbons (Fsp3) is 0.450. The number of aromatic carboxylic acids is 1. The van der Waals surface area contributed by atoms with Crippen LogP contribution in [0.15, 0.2) is 30.5 Å². The van der Waals surface area contributed by atoms with Gasteiger partial charge in [-0.2, -0.15) is 23.0 Å². The maximum atomic E-state index is 13.3. The molecule has 7 nitrogen and oxygen atoms in total. The van der Waals surface area contributed by atoms with E-state index in [9.17, 15) is 22.8 Å². The predicted octanol–water partition coefficient (Wildman–Crippen LogP) is 4.07. The minimum absolute atomic E-state index is 0.111. The van der Waals surface area contributed by atoms with Crippen molar-refractivity contribution < 1.29 is 27.9 Å². The van der Waals surface area contributed by atoms with Crippen LogP contribution in [-0.4, -0.2) is 63.4 Å². The Labute approximate surface area is 182 Å². The van der Waals surface area contributed by atoms with E-state index < -0.39 is 23.7 Å². The third-order valence-corrected chi connectivity index (χ3v) is 5.51. The number of carboxylic acid groups (broad SMARTS) is 1. The van der Waals surface area contributed by atoms with Gasteiger partial charge in [0, 0.05) is 37.4 Å². The Balaban J connectivity index is 1.55. The van der Waals surface area contributed by atoms with E-state index >= 15 is 0 Å². The van der Waals surface area contributed by atoms with Crippen LogP contribution < -0.4 is 0 Å². The van der Waals surface area contributed by atoms with Gasteiger partial charge in [-0.05, 0) is 55.6 Å². The number of benzene rings is 1. The largest absolute Gasteiger partial charge is 0.476 e. The summed E-state index contributed by atoms with van der Waals surface area (Å²) in [4.78, 5) is 26.8. The highest BCUT2D eigenvalue weighted by Crippen LogP contribution is 2.34. The molecule has 1 amide bonds. The first-order valence-electron chi connectivity index (χ1n) is 9.67. The standard InChI is InChI=1S/C20H22ClF3N4O3/c1-26(12-14-10-15(21)2-3-16(14)20(22,23)24)11-13-4-7-27(8-5-13)19(31)28-9-6-17(25-28)18(29)30/h2-3,6,9-10,13H,4-5,7-8,11-12H2,1H3,(H,29,30). The number of aromatic nitrogens is 2. The molecule has 0 unspecified atom stereocenters. The van der Waals surface area contributed by atoms with Crippen LogP contribution in [0.3, 0.4) is 0 Å². The van der Waals surface area contributed by atoms with E-state index in [2.05, 4.69) is 5.10 Å². The molecule has 2 aromatic rings. The molecule has 2 heterocycles. The predicted molar refractivity (Wildman–Crippen MR) is 107 cm³/mol. The number of carboxylic acids is 1. The summed E-state index contributed by atoms with van der Waals surface area (Å²) in [7, 11) is 1.76. The molecule has 1 aromatic heterocycles. The first-order chi connectivity index (χ1) is 14.5. The van der Waals surface area contributed by atoms with Gasteiger partial charge < -0.3 is 14.9 Å². The van der Waals surface area contributed by atoms with Crippen LogP contribution in [0, 0.1) is 5.92 Å². The molecule has 1 aliphatic rings. The van der Waals surface area contributed by atoms with Gasteiger partial charge in [0.05, 0.1) is 5.56 Å². The molecule has 1 saturated heterocycles. The van der Waals surface area contributed by atoms with Crippen LogP contribution >= 0.6 is 11.6 Å². The second kappa shape index (κ2) is 9.27. The van der Waals surface area contributed by atoms with Crippen molar-refractivity contribution in [3.8, 4) is 0 Å². The van der Waals surface area contributed by atoms with Gasteiger partial charge in [-0.15, -0.1) is 0 Å². The quantitative estimate of drug-likeness (QED) is 0.730. The summed E-state index contributed by atoms with van der Waals surface area (Å²) in [5, 5.41) is 12.9. The Bertz CT molecular complexity index is 955. The summed E-state index contributed by atoms with van der Waals surface area (Å²) in [6.45, 7) is 1.62. The average Bonchev–Trinajstić information content (AvgIpc) is 3.17. The summed E-state index contributed by atoms with van der Waals surface area (Å²) in [6.07, 6.45) is -1.76. The van der Waals surface area contributed by atoms with E-state index in [0.29, 0.717) is 32.5 Å². The molecule has 1 aromatic carbocycles. The first kappa shape index (κ1) is 23.1. The van der Waals surface area contributed by atoms with Gasteiger partial charge in [0.1, 0.15) is 0 Å². The lowest BCUT2D eigenvalue weighted by Crippen LogP contribution is -2.43. The van der Waals surface area contributed by atoms with Gasteiger partial charge in [-0.3, -0.25) is 0 Å². The molecule has 0 atom stereocenters. The molecule has 0 radical (unpaired) electrons. The Morgan fingerprint density at radius 2 is 1.94 bits per heavy atom. The van der Waals surface area contributed by atoms with E-state index in [1.165, 1.54) is 24.4 Å². The SMILES string of the molecule is CN(Cc1cc(Cl)ccc1C(F)(F)F)CC1CCN(C(=O)n2ccc(C(=O)O)n2)CC1. The molecule has 0 bridgehead atoms. The molecule has 3 rings (SSSR count). The molecule has 1 aliphatic heterocycles. The van der Waals surface area contributed by atoms with Crippen LogP contribution in [-0.2, 0) is 12.7 Å². The maximum Gasteiger partial charge on any atom is 0.416 e. The number of likely N-dealkylation sites (tertiary alicyclic amines) is 1. The number of halogens is 4. The van der Waals surface area contributed by atoms with Gasteiger partial charge >= 0.3 is 18.2 Å². The van der Waals surface area contributed by atoms with Crippen LogP contribution in [0.25, 0.3) is 0 Å². The smallest absolute Gasteiger partial charge is 0.416 e. The molecule has 0 spiro atoms. The van der Waals surface area contributed by atoms with Gasteiger partial charge in [0.15, 0.2) is 5.69 Å². The van der Waals surface area contributed by atoms with Gasteiger partial charge in [-0.1, -0.05) is 11.6 Å². The van der Waals surface area contributed by atoms with Crippen LogP contribution in [0.4, 0.5) is 18.0 Å².